The minimum absolute atomic E-state index is 0.121. The van der Waals surface area contributed by atoms with Gasteiger partial charge in [0.2, 0.25) is 0 Å². The van der Waals surface area contributed by atoms with Crippen LogP contribution in [0.2, 0.25) is 0 Å². The van der Waals surface area contributed by atoms with Crippen LogP contribution < -0.4 is 4.74 Å². The summed E-state index contributed by atoms with van der Waals surface area (Å²) >= 11 is 0. The third kappa shape index (κ3) is 4.50. The molecule has 0 aromatic heterocycles. The molecule has 2 fully saturated rings. The molecule has 1 heterocycles. The van der Waals surface area contributed by atoms with Crippen LogP contribution in [0, 0.1) is 11.8 Å². The molecule has 0 amide bonds. The van der Waals surface area contributed by atoms with E-state index in [0.717, 1.165) is 16.3 Å². The Bertz CT molecular complexity index is 884. The van der Waals surface area contributed by atoms with Crippen LogP contribution in [0.5, 0.6) is 5.75 Å². The molecule has 1 aliphatic heterocycles. The molecule has 1 N–H and O–H groups in total. The maximum absolute atomic E-state index is 12.8. The monoisotopic (exact) mass is 407 g/mol. The fourth-order valence-corrected chi connectivity index (χ4v) is 4.31. The molecule has 0 bridgehead atoms. The van der Waals surface area contributed by atoms with E-state index in [4.69, 9.17) is 9.84 Å². The van der Waals surface area contributed by atoms with Gasteiger partial charge >= 0.3 is 12.1 Å². The minimum atomic E-state index is -4.11. The first-order chi connectivity index (χ1) is 13.8. The average Bonchev–Trinajstić information content (AvgIpc) is 2.64. The van der Waals surface area contributed by atoms with Gasteiger partial charge in [0, 0.05) is 25.0 Å². The van der Waals surface area contributed by atoms with Crippen molar-refractivity contribution in [2.45, 2.75) is 44.5 Å². The van der Waals surface area contributed by atoms with Gasteiger partial charge in [0.1, 0.15) is 5.75 Å². The number of likely N-dealkylation sites (tertiary alicyclic amines) is 1. The Hall–Kier alpha value is -2.28. The van der Waals surface area contributed by atoms with E-state index >= 15 is 0 Å². The number of carboxylic acids is 1. The van der Waals surface area contributed by atoms with Crippen LogP contribution in [0.1, 0.15) is 31.2 Å². The predicted octanol–water partition coefficient (Wildman–Crippen LogP) is 4.86. The van der Waals surface area contributed by atoms with Crippen LogP contribution in [-0.2, 0) is 11.3 Å². The smallest absolute Gasteiger partial charge is 0.391 e. The van der Waals surface area contributed by atoms with Gasteiger partial charge in [-0.2, -0.15) is 13.2 Å². The summed E-state index contributed by atoms with van der Waals surface area (Å²) in [5.74, 6) is -1.52. The van der Waals surface area contributed by atoms with Gasteiger partial charge in [-0.15, -0.1) is 0 Å². The summed E-state index contributed by atoms with van der Waals surface area (Å²) in [6.45, 7) is 1.83. The molecule has 0 radical (unpaired) electrons. The van der Waals surface area contributed by atoms with Gasteiger partial charge in [0.25, 0.3) is 0 Å². The van der Waals surface area contributed by atoms with Gasteiger partial charge in [-0.1, -0.05) is 24.3 Å². The van der Waals surface area contributed by atoms with E-state index in [9.17, 15) is 18.0 Å². The van der Waals surface area contributed by atoms with Gasteiger partial charge in [0.05, 0.1) is 17.9 Å². The molecule has 1 aliphatic carbocycles. The number of nitrogens with zero attached hydrogens (tertiary/aromatic N) is 1. The zero-order valence-electron chi connectivity index (χ0n) is 16.0. The second-order valence-electron chi connectivity index (χ2n) is 8.17. The average molecular weight is 407 g/mol. The van der Waals surface area contributed by atoms with Crippen LogP contribution in [0.25, 0.3) is 10.8 Å². The number of aliphatic carboxylic acids is 1. The van der Waals surface area contributed by atoms with Crippen molar-refractivity contribution in [3.8, 4) is 5.75 Å². The van der Waals surface area contributed by atoms with Crippen molar-refractivity contribution in [1.29, 1.82) is 0 Å². The first-order valence-electron chi connectivity index (χ1n) is 10.00. The van der Waals surface area contributed by atoms with E-state index in [1.54, 1.807) is 0 Å². The highest BCUT2D eigenvalue weighted by Gasteiger charge is 2.41. The third-order valence-corrected chi connectivity index (χ3v) is 6.05. The molecule has 0 unspecified atom stereocenters. The Morgan fingerprint density at radius 1 is 1.10 bits per heavy atom. The Kier molecular flexibility index (Phi) is 5.42. The first-order valence-corrected chi connectivity index (χ1v) is 10.00. The van der Waals surface area contributed by atoms with E-state index in [0.29, 0.717) is 38.2 Å². The molecule has 2 aromatic rings. The largest absolute Gasteiger partial charge is 0.490 e. The summed E-state index contributed by atoms with van der Waals surface area (Å²) in [4.78, 5) is 13.0. The molecule has 4 rings (SSSR count). The van der Waals surface area contributed by atoms with Crippen molar-refractivity contribution < 1.29 is 27.8 Å². The fraction of sp³-hybridized carbons (Fsp3) is 0.500. The minimum Gasteiger partial charge on any atom is -0.490 e. The molecule has 29 heavy (non-hydrogen) atoms. The van der Waals surface area contributed by atoms with Crippen molar-refractivity contribution in [2.24, 2.45) is 11.8 Å². The lowest BCUT2D eigenvalue weighted by atomic mass is 9.87. The molecule has 1 saturated heterocycles. The Labute approximate surface area is 167 Å². The predicted molar refractivity (Wildman–Crippen MR) is 103 cm³/mol. The zero-order valence-corrected chi connectivity index (χ0v) is 16.0. The molecule has 2 aromatic carbocycles. The molecule has 4 nitrogen and oxygen atoms in total. The number of hydrogen-bond donors (Lipinski definition) is 1. The van der Waals surface area contributed by atoms with Crippen molar-refractivity contribution in [2.75, 3.05) is 13.1 Å². The molecule has 0 spiro atoms. The maximum Gasteiger partial charge on any atom is 0.391 e. The van der Waals surface area contributed by atoms with Gasteiger partial charge < -0.3 is 9.84 Å². The van der Waals surface area contributed by atoms with E-state index in [-0.39, 0.29) is 24.9 Å². The van der Waals surface area contributed by atoms with E-state index in [1.807, 2.05) is 30.3 Å². The lowest BCUT2D eigenvalue weighted by molar-refractivity contribution is -0.185. The lowest BCUT2D eigenvalue weighted by Crippen LogP contribution is -2.49. The topological polar surface area (TPSA) is 49.8 Å². The standard InChI is InChI=1S/C22H24F3NO3/c23-22(24,25)17-5-7-18(8-6-17)29-20-3-1-2-15-10-14(4-9-19(15)20)11-26-12-16(13-26)21(27)28/h1-4,9-10,16-18H,5-8,11-13H2,(H,27,28)/t17-,18-. The van der Waals surface area contributed by atoms with Crippen molar-refractivity contribution in [1.82, 2.24) is 4.90 Å². The number of benzene rings is 2. The van der Waals surface area contributed by atoms with Crippen LogP contribution in [-0.4, -0.2) is 41.3 Å². The van der Waals surface area contributed by atoms with Gasteiger partial charge in [-0.25, -0.2) is 0 Å². The lowest BCUT2D eigenvalue weighted by Gasteiger charge is -2.36. The highest BCUT2D eigenvalue weighted by Crippen LogP contribution is 2.39. The molecule has 2 aliphatic rings. The van der Waals surface area contributed by atoms with Gasteiger partial charge in [-0.3, -0.25) is 9.69 Å². The number of ether oxygens (including phenoxy) is 1. The number of carbonyl (C=O) groups is 1. The molecule has 0 atom stereocenters. The second-order valence-corrected chi connectivity index (χ2v) is 8.17. The molecule has 7 heteroatoms. The van der Waals surface area contributed by atoms with Crippen LogP contribution >= 0.6 is 0 Å². The summed E-state index contributed by atoms with van der Waals surface area (Å²) in [7, 11) is 0. The van der Waals surface area contributed by atoms with Crippen LogP contribution in [0.4, 0.5) is 13.2 Å². The quantitative estimate of drug-likeness (QED) is 0.769. The molecule has 156 valence electrons. The normalized spacial score (nSPS) is 23.7. The number of halogens is 3. The van der Waals surface area contributed by atoms with Crippen LogP contribution in [0.3, 0.4) is 0 Å². The van der Waals surface area contributed by atoms with E-state index < -0.39 is 18.1 Å². The Morgan fingerprint density at radius 2 is 1.83 bits per heavy atom. The summed E-state index contributed by atoms with van der Waals surface area (Å²) in [6.07, 6.45) is -3.22. The molecule has 1 saturated carbocycles. The van der Waals surface area contributed by atoms with Crippen molar-refractivity contribution in [3.63, 3.8) is 0 Å². The Morgan fingerprint density at radius 3 is 2.48 bits per heavy atom. The summed E-state index contributed by atoms with van der Waals surface area (Å²) in [5, 5.41) is 10.9. The Balaban J connectivity index is 1.40. The molecular weight excluding hydrogens is 383 g/mol. The second kappa shape index (κ2) is 7.86. The molecular formula is C22H24F3NO3. The summed E-state index contributed by atoms with van der Waals surface area (Å²) in [5.41, 5.74) is 1.10. The third-order valence-electron chi connectivity index (χ3n) is 6.05. The summed E-state index contributed by atoms with van der Waals surface area (Å²) in [6, 6.07) is 11.8. The van der Waals surface area contributed by atoms with Crippen LogP contribution in [0.15, 0.2) is 36.4 Å². The number of carboxylic acid groups (broad SMARTS) is 1. The number of rotatable bonds is 5. The SMILES string of the molecule is O=C(O)C1CN(Cc2ccc3c(O[C@H]4CC[C@H](C(F)(F)F)CC4)cccc3c2)C1. The van der Waals surface area contributed by atoms with Crippen molar-refractivity contribution in [3.05, 3.63) is 42.0 Å². The first kappa shape index (κ1) is 20.0. The number of fused-ring (bicyclic) bond motifs is 1. The number of alkyl halides is 3. The fourth-order valence-electron chi connectivity index (χ4n) is 4.31. The zero-order chi connectivity index (χ0) is 20.6. The number of hydrogen-bond acceptors (Lipinski definition) is 3. The summed E-state index contributed by atoms with van der Waals surface area (Å²) < 4.78 is 44.6. The maximum atomic E-state index is 12.8. The highest BCUT2D eigenvalue weighted by molar-refractivity contribution is 5.88. The highest BCUT2D eigenvalue weighted by atomic mass is 19.4. The van der Waals surface area contributed by atoms with Gasteiger partial charge in [-0.05, 0) is 48.8 Å². The van der Waals surface area contributed by atoms with E-state index in [2.05, 4.69) is 11.0 Å². The van der Waals surface area contributed by atoms with Gasteiger partial charge in [0.15, 0.2) is 0 Å². The van der Waals surface area contributed by atoms with Crippen molar-refractivity contribution >= 4 is 16.7 Å². The van der Waals surface area contributed by atoms with E-state index in [1.165, 1.54) is 0 Å².